The minimum absolute atomic E-state index is 0.0407. The highest BCUT2D eigenvalue weighted by Gasteiger charge is 2.31. The molecule has 5 aromatic rings. The van der Waals surface area contributed by atoms with Crippen molar-refractivity contribution in [2.24, 2.45) is 0 Å². The van der Waals surface area contributed by atoms with Crippen LogP contribution in [-0.2, 0) is 6.54 Å². The first-order chi connectivity index (χ1) is 21.1. The molecule has 216 valence electrons. The van der Waals surface area contributed by atoms with Crippen molar-refractivity contribution in [3.8, 4) is 28.3 Å². The van der Waals surface area contributed by atoms with Crippen LogP contribution in [0.2, 0.25) is 0 Å². The molecule has 2 aromatic heterocycles. The Kier molecular flexibility index (Phi) is 6.46. The molecule has 2 aliphatic heterocycles. The van der Waals surface area contributed by atoms with E-state index >= 15 is 0 Å². The van der Waals surface area contributed by atoms with Gasteiger partial charge in [-0.15, -0.1) is 0 Å². The number of carbonyl (C=O) groups excluding carboxylic acids is 1. The lowest BCUT2D eigenvalue weighted by Gasteiger charge is -2.30. The summed E-state index contributed by atoms with van der Waals surface area (Å²) in [5.74, 6) is 1.26. The first-order valence-corrected chi connectivity index (χ1v) is 15.2. The number of nitrogens with one attached hydrogen (secondary N) is 2. The van der Waals surface area contributed by atoms with Gasteiger partial charge in [-0.2, -0.15) is 0 Å². The van der Waals surface area contributed by atoms with Crippen molar-refractivity contribution in [1.82, 2.24) is 25.2 Å². The minimum Gasteiger partial charge on any atom is -0.472 e. The van der Waals surface area contributed by atoms with Crippen molar-refractivity contribution in [1.29, 1.82) is 0 Å². The quantitative estimate of drug-likeness (QED) is 0.265. The average molecular weight is 571 g/mol. The SMILES string of the molecule is Cc1c(-c2ncnc3[nH]c(-c4ccc(CN5CCNCC5)cc4)cc23)cccc1N1COc2cc(C3CC3)ccc2C1=O. The summed E-state index contributed by atoms with van der Waals surface area (Å²) < 4.78 is 6.12. The predicted molar refractivity (Wildman–Crippen MR) is 168 cm³/mol. The first kappa shape index (κ1) is 26.1. The van der Waals surface area contributed by atoms with Gasteiger partial charge in [-0.1, -0.05) is 42.5 Å². The van der Waals surface area contributed by atoms with Crippen LogP contribution in [0.4, 0.5) is 5.69 Å². The van der Waals surface area contributed by atoms with E-state index < -0.39 is 0 Å². The first-order valence-electron chi connectivity index (χ1n) is 15.2. The lowest BCUT2D eigenvalue weighted by Crippen LogP contribution is -2.42. The number of ether oxygens (including phenoxy) is 1. The van der Waals surface area contributed by atoms with E-state index in [9.17, 15) is 4.79 Å². The van der Waals surface area contributed by atoms with Gasteiger partial charge >= 0.3 is 0 Å². The highest BCUT2D eigenvalue weighted by atomic mass is 16.5. The van der Waals surface area contributed by atoms with Gasteiger partial charge < -0.3 is 15.0 Å². The fraction of sp³-hybridized carbons (Fsp3) is 0.286. The maximum absolute atomic E-state index is 13.6. The van der Waals surface area contributed by atoms with Crippen molar-refractivity contribution in [2.75, 3.05) is 37.8 Å². The molecule has 8 rings (SSSR count). The van der Waals surface area contributed by atoms with Crippen LogP contribution in [0.5, 0.6) is 5.75 Å². The van der Waals surface area contributed by atoms with Crippen LogP contribution in [0.1, 0.15) is 45.8 Å². The van der Waals surface area contributed by atoms with E-state index in [2.05, 4.69) is 62.6 Å². The molecule has 4 heterocycles. The fourth-order valence-electron chi connectivity index (χ4n) is 6.42. The van der Waals surface area contributed by atoms with E-state index in [-0.39, 0.29) is 12.6 Å². The maximum atomic E-state index is 13.6. The highest BCUT2D eigenvalue weighted by molar-refractivity contribution is 6.09. The van der Waals surface area contributed by atoms with Gasteiger partial charge in [0.2, 0.25) is 0 Å². The standard InChI is InChI=1S/C35H34N6O2/c1-22-27(3-2-4-31(22)41-21-43-32-17-26(24-9-10-24)11-12-28(32)35(41)42)33-29-18-30(39-34(29)38-20-37-33)25-7-5-23(6-8-25)19-40-15-13-36-14-16-40/h2-8,11-12,17-18,20,24,36H,9-10,13-16,19,21H2,1H3,(H,37,38,39). The number of benzene rings is 3. The second-order valence-electron chi connectivity index (χ2n) is 11.9. The maximum Gasteiger partial charge on any atom is 0.264 e. The summed E-state index contributed by atoms with van der Waals surface area (Å²) in [6, 6.07) is 23.0. The number of carbonyl (C=O) groups is 1. The number of H-pyrrole nitrogens is 1. The smallest absolute Gasteiger partial charge is 0.264 e. The molecule has 3 aromatic carbocycles. The monoisotopic (exact) mass is 570 g/mol. The number of rotatable bonds is 6. The number of nitrogens with zero attached hydrogens (tertiary/aromatic N) is 4. The number of aromatic nitrogens is 3. The Hall–Kier alpha value is -4.53. The Bertz CT molecular complexity index is 1840. The molecule has 1 saturated carbocycles. The number of fused-ring (bicyclic) bond motifs is 2. The van der Waals surface area contributed by atoms with E-state index in [0.717, 1.165) is 77.5 Å². The average Bonchev–Trinajstić information content (AvgIpc) is 3.80. The Balaban J connectivity index is 1.09. The summed E-state index contributed by atoms with van der Waals surface area (Å²) in [4.78, 5) is 30.6. The number of aromatic amines is 1. The van der Waals surface area contributed by atoms with E-state index in [1.807, 2.05) is 31.2 Å². The summed E-state index contributed by atoms with van der Waals surface area (Å²) >= 11 is 0. The van der Waals surface area contributed by atoms with Gasteiger partial charge in [-0.05, 0) is 72.2 Å². The zero-order valence-corrected chi connectivity index (χ0v) is 24.3. The van der Waals surface area contributed by atoms with E-state index in [1.165, 1.54) is 24.0 Å². The number of anilines is 1. The van der Waals surface area contributed by atoms with Gasteiger partial charge in [0.25, 0.3) is 5.91 Å². The van der Waals surface area contributed by atoms with Crippen LogP contribution < -0.4 is 15.0 Å². The molecule has 8 heteroatoms. The van der Waals surface area contributed by atoms with Gasteiger partial charge in [0.15, 0.2) is 6.73 Å². The normalized spacial score (nSPS) is 17.2. The van der Waals surface area contributed by atoms with Crippen molar-refractivity contribution in [3.63, 3.8) is 0 Å². The van der Waals surface area contributed by atoms with Crippen molar-refractivity contribution >= 4 is 22.6 Å². The summed E-state index contributed by atoms with van der Waals surface area (Å²) in [5, 5.41) is 4.36. The summed E-state index contributed by atoms with van der Waals surface area (Å²) in [6.45, 7) is 7.47. The third-order valence-electron chi connectivity index (χ3n) is 9.04. The molecule has 3 aliphatic rings. The largest absolute Gasteiger partial charge is 0.472 e. The van der Waals surface area contributed by atoms with Crippen molar-refractivity contribution in [3.05, 3.63) is 95.3 Å². The molecule has 2 fully saturated rings. The summed E-state index contributed by atoms with van der Waals surface area (Å²) in [7, 11) is 0. The second-order valence-corrected chi connectivity index (χ2v) is 11.9. The molecule has 43 heavy (non-hydrogen) atoms. The van der Waals surface area contributed by atoms with Crippen molar-refractivity contribution in [2.45, 2.75) is 32.2 Å². The molecule has 1 aliphatic carbocycles. The number of hydrogen-bond donors (Lipinski definition) is 2. The molecule has 0 spiro atoms. The topological polar surface area (TPSA) is 86.4 Å². The van der Waals surface area contributed by atoms with Gasteiger partial charge in [-0.25, -0.2) is 9.97 Å². The molecule has 0 atom stereocenters. The molecule has 8 nitrogen and oxygen atoms in total. The van der Waals surface area contributed by atoms with Crippen LogP contribution in [0.3, 0.4) is 0 Å². The van der Waals surface area contributed by atoms with E-state index in [4.69, 9.17) is 9.72 Å². The zero-order valence-electron chi connectivity index (χ0n) is 24.3. The third kappa shape index (κ3) is 4.86. The lowest BCUT2D eigenvalue weighted by atomic mass is 9.99. The van der Waals surface area contributed by atoms with Crippen LogP contribution in [0, 0.1) is 6.92 Å². The molecule has 0 unspecified atom stereocenters. The molecule has 2 N–H and O–H groups in total. The van der Waals surface area contributed by atoms with Crippen molar-refractivity contribution < 1.29 is 9.53 Å². The van der Waals surface area contributed by atoms with Crippen LogP contribution in [0.25, 0.3) is 33.5 Å². The Morgan fingerprint density at radius 2 is 1.79 bits per heavy atom. The van der Waals surface area contributed by atoms with Crippen LogP contribution in [0.15, 0.2) is 73.1 Å². The molecular weight excluding hydrogens is 536 g/mol. The number of piperazine rings is 1. The van der Waals surface area contributed by atoms with Gasteiger partial charge in [0.1, 0.15) is 17.7 Å². The van der Waals surface area contributed by atoms with Crippen LogP contribution >= 0.6 is 0 Å². The number of hydrogen-bond acceptors (Lipinski definition) is 6. The molecule has 0 radical (unpaired) electrons. The Morgan fingerprint density at radius 3 is 2.60 bits per heavy atom. The molecule has 1 amide bonds. The third-order valence-corrected chi connectivity index (χ3v) is 9.04. The van der Waals surface area contributed by atoms with Gasteiger partial charge in [0.05, 0.1) is 16.9 Å². The van der Waals surface area contributed by atoms with Crippen LogP contribution in [-0.4, -0.2) is 58.7 Å². The lowest BCUT2D eigenvalue weighted by molar-refractivity contribution is 0.0937. The molecule has 0 bridgehead atoms. The van der Waals surface area contributed by atoms with E-state index in [1.54, 1.807) is 11.2 Å². The molecular formula is C35H34N6O2. The number of amides is 1. The Morgan fingerprint density at radius 1 is 0.953 bits per heavy atom. The molecule has 1 saturated heterocycles. The van der Waals surface area contributed by atoms with E-state index in [0.29, 0.717) is 17.2 Å². The fourth-order valence-corrected chi connectivity index (χ4v) is 6.42. The van der Waals surface area contributed by atoms with Gasteiger partial charge in [0, 0.05) is 49.4 Å². The summed E-state index contributed by atoms with van der Waals surface area (Å²) in [5.41, 5.74) is 9.68. The van der Waals surface area contributed by atoms with Gasteiger partial charge in [-0.3, -0.25) is 14.6 Å². The highest BCUT2D eigenvalue weighted by Crippen LogP contribution is 2.43. The summed E-state index contributed by atoms with van der Waals surface area (Å²) in [6.07, 6.45) is 4.03. The second kappa shape index (κ2) is 10.6. The Labute approximate surface area is 250 Å². The minimum atomic E-state index is -0.0407. The predicted octanol–water partition coefficient (Wildman–Crippen LogP) is 5.88. The zero-order chi connectivity index (χ0) is 28.9.